The standard InChI is InChI=1S/C15H27N4/c1-3-4-5-6-7-17-10-12-19(15-17)13-11-18-9-8-16(2)14-18/h8-10,12,14H,3-7,11,13,15H2,1-2H3/q+1. The summed E-state index contributed by atoms with van der Waals surface area (Å²) < 4.78 is 4.32. The third-order valence-corrected chi connectivity index (χ3v) is 3.62. The Morgan fingerprint density at radius 3 is 2.47 bits per heavy atom. The molecule has 0 saturated heterocycles. The summed E-state index contributed by atoms with van der Waals surface area (Å²) >= 11 is 0. The van der Waals surface area contributed by atoms with Gasteiger partial charge in [0.05, 0.1) is 20.3 Å². The van der Waals surface area contributed by atoms with Gasteiger partial charge < -0.3 is 9.80 Å². The molecule has 0 amide bonds. The number of rotatable bonds is 8. The van der Waals surface area contributed by atoms with Crippen molar-refractivity contribution in [2.45, 2.75) is 39.2 Å². The average molecular weight is 263 g/mol. The van der Waals surface area contributed by atoms with Gasteiger partial charge in [0.25, 0.3) is 0 Å². The topological polar surface area (TPSA) is 15.3 Å². The molecular weight excluding hydrogens is 236 g/mol. The highest BCUT2D eigenvalue weighted by molar-refractivity contribution is 4.90. The van der Waals surface area contributed by atoms with Crippen LogP contribution in [-0.4, -0.2) is 34.1 Å². The largest absolute Gasteiger partial charge is 0.359 e. The number of imidazole rings is 1. The molecule has 0 fully saturated rings. The summed E-state index contributed by atoms with van der Waals surface area (Å²) in [7, 11) is 2.06. The van der Waals surface area contributed by atoms with Crippen LogP contribution in [0, 0.1) is 0 Å². The molecule has 0 atom stereocenters. The zero-order valence-corrected chi connectivity index (χ0v) is 12.3. The second kappa shape index (κ2) is 7.22. The van der Waals surface area contributed by atoms with Gasteiger partial charge in [-0.2, -0.15) is 0 Å². The van der Waals surface area contributed by atoms with Crippen LogP contribution in [0.4, 0.5) is 0 Å². The highest BCUT2D eigenvalue weighted by Gasteiger charge is 2.12. The molecule has 19 heavy (non-hydrogen) atoms. The minimum Gasteiger partial charge on any atom is -0.359 e. The van der Waals surface area contributed by atoms with Crippen LogP contribution in [0.25, 0.3) is 0 Å². The summed E-state index contributed by atoms with van der Waals surface area (Å²) in [5, 5.41) is 0. The molecule has 0 spiro atoms. The molecule has 0 aromatic carbocycles. The fraction of sp³-hybridized carbons (Fsp3) is 0.667. The van der Waals surface area contributed by atoms with Gasteiger partial charge >= 0.3 is 0 Å². The van der Waals surface area contributed by atoms with Crippen molar-refractivity contribution in [2.24, 2.45) is 7.05 Å². The molecule has 2 rings (SSSR count). The molecule has 0 saturated carbocycles. The van der Waals surface area contributed by atoms with E-state index in [1.54, 1.807) is 0 Å². The Morgan fingerprint density at radius 2 is 1.79 bits per heavy atom. The van der Waals surface area contributed by atoms with Crippen molar-refractivity contribution in [2.75, 3.05) is 19.8 Å². The Balaban J connectivity index is 1.61. The molecule has 1 aromatic rings. The molecule has 0 unspecified atom stereocenters. The SMILES string of the molecule is CCCCCCN1C=CN(CCn2cc[n+](C)c2)C1. The minimum absolute atomic E-state index is 1.05. The van der Waals surface area contributed by atoms with Gasteiger partial charge in [0.1, 0.15) is 18.9 Å². The van der Waals surface area contributed by atoms with Crippen molar-refractivity contribution in [1.82, 2.24) is 14.4 Å². The quantitative estimate of drug-likeness (QED) is 0.526. The molecule has 0 N–H and O–H groups in total. The molecule has 0 aliphatic carbocycles. The lowest BCUT2D eigenvalue weighted by Crippen LogP contribution is -2.29. The fourth-order valence-electron chi connectivity index (χ4n) is 2.43. The van der Waals surface area contributed by atoms with Crippen molar-refractivity contribution >= 4 is 0 Å². The second-order valence-corrected chi connectivity index (χ2v) is 5.44. The molecule has 1 aliphatic rings. The van der Waals surface area contributed by atoms with Crippen LogP contribution in [0.1, 0.15) is 32.6 Å². The highest BCUT2D eigenvalue weighted by Crippen LogP contribution is 2.09. The van der Waals surface area contributed by atoms with E-state index in [1.165, 1.54) is 32.2 Å². The first-order chi connectivity index (χ1) is 9.28. The van der Waals surface area contributed by atoms with Crippen LogP contribution < -0.4 is 4.57 Å². The molecule has 0 bridgehead atoms. The van der Waals surface area contributed by atoms with E-state index in [0.29, 0.717) is 0 Å². The Labute approximate surface area is 116 Å². The molecule has 1 aliphatic heterocycles. The van der Waals surface area contributed by atoms with Crippen molar-refractivity contribution in [3.8, 4) is 0 Å². The van der Waals surface area contributed by atoms with E-state index in [-0.39, 0.29) is 0 Å². The van der Waals surface area contributed by atoms with E-state index < -0.39 is 0 Å². The van der Waals surface area contributed by atoms with Gasteiger partial charge in [-0.1, -0.05) is 26.2 Å². The number of hydrogen-bond acceptors (Lipinski definition) is 2. The van der Waals surface area contributed by atoms with E-state index in [2.05, 4.69) is 64.0 Å². The summed E-state index contributed by atoms with van der Waals surface area (Å²) in [6.45, 7) is 6.65. The summed E-state index contributed by atoms with van der Waals surface area (Å²) in [6, 6.07) is 0. The van der Waals surface area contributed by atoms with Crippen LogP contribution >= 0.6 is 0 Å². The lowest BCUT2D eigenvalue weighted by molar-refractivity contribution is -0.671. The fourth-order valence-corrected chi connectivity index (χ4v) is 2.43. The Bertz CT molecular complexity index is 397. The normalized spacial score (nSPS) is 14.6. The number of aromatic nitrogens is 2. The molecular formula is C15H27N4+. The van der Waals surface area contributed by atoms with Crippen LogP contribution in [0.15, 0.2) is 31.1 Å². The molecule has 4 heteroatoms. The Hall–Kier alpha value is -1.45. The predicted molar refractivity (Wildman–Crippen MR) is 77.2 cm³/mol. The van der Waals surface area contributed by atoms with Gasteiger partial charge in [-0.3, -0.25) is 0 Å². The summed E-state index contributed by atoms with van der Waals surface area (Å²) in [6.07, 6.45) is 16.2. The van der Waals surface area contributed by atoms with Crippen molar-refractivity contribution in [1.29, 1.82) is 0 Å². The van der Waals surface area contributed by atoms with Gasteiger partial charge in [-0.25, -0.2) is 9.13 Å². The Morgan fingerprint density at radius 1 is 1.00 bits per heavy atom. The molecule has 1 aromatic heterocycles. The van der Waals surface area contributed by atoms with Crippen molar-refractivity contribution in [3.63, 3.8) is 0 Å². The molecule has 2 heterocycles. The van der Waals surface area contributed by atoms with Gasteiger partial charge in [0, 0.05) is 18.9 Å². The first kappa shape index (κ1) is 14.0. The number of aryl methyl sites for hydroxylation is 1. The zero-order chi connectivity index (χ0) is 13.5. The third-order valence-electron chi connectivity index (χ3n) is 3.62. The maximum absolute atomic E-state index is 2.42. The van der Waals surface area contributed by atoms with Crippen LogP contribution in [-0.2, 0) is 13.6 Å². The molecule has 4 nitrogen and oxygen atoms in total. The zero-order valence-electron chi connectivity index (χ0n) is 12.3. The summed E-state index contributed by atoms with van der Waals surface area (Å²) in [5.74, 6) is 0. The minimum atomic E-state index is 1.05. The summed E-state index contributed by atoms with van der Waals surface area (Å²) in [5.41, 5.74) is 0. The number of hydrogen-bond donors (Lipinski definition) is 0. The van der Waals surface area contributed by atoms with Gasteiger partial charge in [-0.05, 0) is 6.42 Å². The van der Waals surface area contributed by atoms with Gasteiger partial charge in [0.15, 0.2) is 0 Å². The number of nitrogens with zero attached hydrogens (tertiary/aromatic N) is 4. The van der Waals surface area contributed by atoms with E-state index >= 15 is 0 Å². The van der Waals surface area contributed by atoms with E-state index in [4.69, 9.17) is 0 Å². The maximum atomic E-state index is 2.42. The lowest BCUT2D eigenvalue weighted by atomic mass is 10.2. The molecule has 0 radical (unpaired) electrons. The molecule has 106 valence electrons. The van der Waals surface area contributed by atoms with E-state index in [9.17, 15) is 0 Å². The van der Waals surface area contributed by atoms with Crippen LogP contribution in [0.3, 0.4) is 0 Å². The van der Waals surface area contributed by atoms with Crippen molar-refractivity contribution in [3.05, 3.63) is 31.1 Å². The summed E-state index contributed by atoms with van der Waals surface area (Å²) in [4.78, 5) is 4.81. The highest BCUT2D eigenvalue weighted by atomic mass is 15.3. The van der Waals surface area contributed by atoms with Crippen LogP contribution in [0.2, 0.25) is 0 Å². The second-order valence-electron chi connectivity index (χ2n) is 5.44. The van der Waals surface area contributed by atoms with Crippen LogP contribution in [0.5, 0.6) is 0 Å². The van der Waals surface area contributed by atoms with E-state index in [0.717, 1.165) is 19.8 Å². The predicted octanol–water partition coefficient (Wildman–Crippen LogP) is 1.94. The first-order valence-electron chi connectivity index (χ1n) is 7.45. The number of unbranched alkanes of at least 4 members (excludes halogenated alkanes) is 3. The third kappa shape index (κ3) is 4.62. The van der Waals surface area contributed by atoms with Gasteiger partial charge in [-0.15, -0.1) is 0 Å². The maximum Gasteiger partial charge on any atom is 0.243 e. The Kier molecular flexibility index (Phi) is 5.31. The average Bonchev–Trinajstić information content (AvgIpc) is 3.01. The smallest absolute Gasteiger partial charge is 0.243 e. The van der Waals surface area contributed by atoms with E-state index in [1.807, 2.05) is 0 Å². The monoisotopic (exact) mass is 263 g/mol. The first-order valence-corrected chi connectivity index (χ1v) is 7.45. The van der Waals surface area contributed by atoms with Gasteiger partial charge in [0.2, 0.25) is 6.33 Å². The van der Waals surface area contributed by atoms with Crippen molar-refractivity contribution < 1.29 is 4.57 Å². The lowest BCUT2D eigenvalue weighted by Gasteiger charge is -2.20.